The molecule has 0 radical (unpaired) electrons. The second kappa shape index (κ2) is 8.31. The Hall–Kier alpha value is -2.73. The van der Waals surface area contributed by atoms with Gasteiger partial charge in [0.2, 0.25) is 5.91 Å². The lowest BCUT2D eigenvalue weighted by molar-refractivity contribution is -0.128. The van der Waals surface area contributed by atoms with Crippen LogP contribution < -0.4 is 16.4 Å². The summed E-state index contributed by atoms with van der Waals surface area (Å²) < 4.78 is 0. The molecule has 6 heteroatoms. The summed E-state index contributed by atoms with van der Waals surface area (Å²) >= 11 is 0. The number of nitrogens with two attached hydrogens (primary N) is 1. The Morgan fingerprint density at radius 3 is 2.81 bits per heavy atom. The molecule has 2 atom stereocenters. The van der Waals surface area contributed by atoms with Crippen LogP contribution in [0.2, 0.25) is 0 Å². The number of hydrogen-bond acceptors (Lipinski definition) is 4. The zero-order valence-corrected chi connectivity index (χ0v) is 15.6. The number of nitrogens with one attached hydrogen (secondary N) is 2. The zero-order chi connectivity index (χ0) is 19.3. The van der Waals surface area contributed by atoms with Crippen LogP contribution >= 0.6 is 0 Å². The van der Waals surface area contributed by atoms with Crippen LogP contribution in [0.25, 0.3) is 0 Å². The van der Waals surface area contributed by atoms with E-state index in [-0.39, 0.29) is 17.7 Å². The van der Waals surface area contributed by atoms with Gasteiger partial charge in [0.1, 0.15) is 5.69 Å². The van der Waals surface area contributed by atoms with E-state index in [9.17, 15) is 9.59 Å². The Labute approximate surface area is 159 Å². The van der Waals surface area contributed by atoms with E-state index in [1.807, 2.05) is 31.2 Å². The van der Waals surface area contributed by atoms with Crippen molar-refractivity contribution in [1.29, 1.82) is 0 Å². The van der Waals surface area contributed by atoms with Crippen molar-refractivity contribution in [2.24, 2.45) is 11.7 Å². The molecule has 4 N–H and O–H groups in total. The van der Waals surface area contributed by atoms with Gasteiger partial charge >= 0.3 is 0 Å². The highest BCUT2D eigenvalue weighted by molar-refractivity contribution is 6.02. The van der Waals surface area contributed by atoms with E-state index >= 15 is 0 Å². The SMILES string of the molecule is CC1(N)CCCCC1C(=O)NCc1cccc(NC(=O)c2ccccn2)c1. The summed E-state index contributed by atoms with van der Waals surface area (Å²) in [6.45, 7) is 2.36. The molecule has 1 heterocycles. The van der Waals surface area contributed by atoms with E-state index in [0.717, 1.165) is 31.2 Å². The van der Waals surface area contributed by atoms with E-state index < -0.39 is 5.54 Å². The first-order valence-corrected chi connectivity index (χ1v) is 9.34. The summed E-state index contributed by atoms with van der Waals surface area (Å²) in [6, 6.07) is 12.6. The van der Waals surface area contributed by atoms with Crippen LogP contribution in [0.5, 0.6) is 0 Å². The fourth-order valence-electron chi connectivity index (χ4n) is 3.55. The molecule has 2 aromatic rings. The molecule has 0 aliphatic heterocycles. The highest BCUT2D eigenvalue weighted by atomic mass is 16.2. The second-order valence-corrected chi connectivity index (χ2v) is 7.39. The first-order chi connectivity index (χ1) is 13.0. The molecule has 0 saturated heterocycles. The lowest BCUT2D eigenvalue weighted by Gasteiger charge is -2.37. The minimum atomic E-state index is -0.444. The van der Waals surface area contributed by atoms with Crippen LogP contribution in [0.4, 0.5) is 5.69 Å². The van der Waals surface area contributed by atoms with Crippen molar-refractivity contribution in [3.8, 4) is 0 Å². The van der Waals surface area contributed by atoms with E-state index in [0.29, 0.717) is 17.9 Å². The normalized spacial score (nSPS) is 22.1. The lowest BCUT2D eigenvalue weighted by Crippen LogP contribution is -2.52. The molecule has 1 saturated carbocycles. The number of anilines is 1. The molecule has 0 spiro atoms. The lowest BCUT2D eigenvalue weighted by atomic mass is 9.74. The Balaban J connectivity index is 1.59. The van der Waals surface area contributed by atoms with Crippen LogP contribution in [0, 0.1) is 5.92 Å². The van der Waals surface area contributed by atoms with E-state index in [4.69, 9.17) is 5.73 Å². The average Bonchev–Trinajstić information content (AvgIpc) is 2.67. The van der Waals surface area contributed by atoms with E-state index in [2.05, 4.69) is 15.6 Å². The summed E-state index contributed by atoms with van der Waals surface area (Å²) in [4.78, 5) is 28.8. The van der Waals surface area contributed by atoms with Crippen molar-refractivity contribution in [2.75, 3.05) is 5.32 Å². The van der Waals surface area contributed by atoms with Crippen molar-refractivity contribution in [3.05, 3.63) is 59.9 Å². The summed E-state index contributed by atoms with van der Waals surface area (Å²) in [5.74, 6) is -0.418. The Morgan fingerprint density at radius 1 is 1.22 bits per heavy atom. The van der Waals surface area contributed by atoms with E-state index in [1.54, 1.807) is 24.4 Å². The number of pyridine rings is 1. The Morgan fingerprint density at radius 2 is 2.07 bits per heavy atom. The maximum Gasteiger partial charge on any atom is 0.274 e. The number of hydrogen-bond donors (Lipinski definition) is 3. The average molecular weight is 366 g/mol. The number of nitrogens with zero attached hydrogens (tertiary/aromatic N) is 1. The molecule has 1 aliphatic carbocycles. The smallest absolute Gasteiger partial charge is 0.274 e. The highest BCUT2D eigenvalue weighted by Gasteiger charge is 2.37. The van der Waals surface area contributed by atoms with E-state index in [1.165, 1.54) is 0 Å². The molecular weight excluding hydrogens is 340 g/mol. The number of carbonyl (C=O) groups is 2. The van der Waals surface area contributed by atoms with Gasteiger partial charge in [0.15, 0.2) is 0 Å². The van der Waals surface area contributed by atoms with Gasteiger partial charge in [-0.3, -0.25) is 14.6 Å². The van der Waals surface area contributed by atoms with Crippen molar-refractivity contribution in [2.45, 2.75) is 44.7 Å². The van der Waals surface area contributed by atoms with Gasteiger partial charge in [-0.2, -0.15) is 0 Å². The monoisotopic (exact) mass is 366 g/mol. The number of carbonyl (C=O) groups excluding carboxylic acids is 2. The van der Waals surface area contributed by atoms with Gasteiger partial charge in [-0.05, 0) is 49.6 Å². The van der Waals surface area contributed by atoms with Crippen LogP contribution in [-0.2, 0) is 11.3 Å². The van der Waals surface area contributed by atoms with Gasteiger partial charge in [0.05, 0.1) is 5.92 Å². The molecule has 3 rings (SSSR count). The maximum atomic E-state index is 12.6. The fourth-order valence-corrected chi connectivity index (χ4v) is 3.55. The Kier molecular flexibility index (Phi) is 5.86. The maximum absolute atomic E-state index is 12.6. The van der Waals surface area contributed by atoms with Crippen LogP contribution in [0.1, 0.15) is 48.7 Å². The Bertz CT molecular complexity index is 805. The molecule has 2 unspecified atom stereocenters. The number of amides is 2. The molecule has 1 aromatic heterocycles. The van der Waals surface area contributed by atoms with Gasteiger partial charge in [-0.25, -0.2) is 0 Å². The molecule has 1 fully saturated rings. The molecule has 2 amide bonds. The van der Waals surface area contributed by atoms with Gasteiger partial charge in [0, 0.05) is 24.0 Å². The van der Waals surface area contributed by atoms with Gasteiger partial charge in [0.25, 0.3) is 5.91 Å². The third-order valence-electron chi connectivity index (χ3n) is 5.12. The fraction of sp³-hybridized carbons (Fsp3) is 0.381. The van der Waals surface area contributed by atoms with Crippen LogP contribution in [0.15, 0.2) is 48.7 Å². The summed E-state index contributed by atoms with van der Waals surface area (Å²) in [5.41, 5.74) is 7.80. The topological polar surface area (TPSA) is 97.1 Å². The molecule has 0 bridgehead atoms. The van der Waals surface area contributed by atoms with Crippen molar-refractivity contribution in [3.63, 3.8) is 0 Å². The van der Waals surface area contributed by atoms with Crippen LogP contribution in [0.3, 0.4) is 0 Å². The predicted molar refractivity (Wildman–Crippen MR) is 105 cm³/mol. The molecule has 27 heavy (non-hydrogen) atoms. The number of benzene rings is 1. The minimum absolute atomic E-state index is 0.00243. The second-order valence-electron chi connectivity index (χ2n) is 7.39. The third-order valence-corrected chi connectivity index (χ3v) is 5.12. The van der Waals surface area contributed by atoms with Gasteiger partial charge < -0.3 is 16.4 Å². The highest BCUT2D eigenvalue weighted by Crippen LogP contribution is 2.31. The van der Waals surface area contributed by atoms with Crippen molar-refractivity contribution < 1.29 is 9.59 Å². The number of aromatic nitrogens is 1. The molecule has 142 valence electrons. The minimum Gasteiger partial charge on any atom is -0.352 e. The van der Waals surface area contributed by atoms with Crippen molar-refractivity contribution in [1.82, 2.24) is 10.3 Å². The van der Waals surface area contributed by atoms with Gasteiger partial charge in [-0.1, -0.05) is 31.0 Å². The molecule has 1 aliphatic rings. The van der Waals surface area contributed by atoms with Crippen LogP contribution in [-0.4, -0.2) is 22.3 Å². The van der Waals surface area contributed by atoms with Gasteiger partial charge in [-0.15, -0.1) is 0 Å². The van der Waals surface area contributed by atoms with Crippen molar-refractivity contribution >= 4 is 17.5 Å². The molecule has 6 nitrogen and oxygen atoms in total. The molecule has 1 aromatic carbocycles. The zero-order valence-electron chi connectivity index (χ0n) is 15.6. The third kappa shape index (κ3) is 4.92. The number of rotatable bonds is 5. The molecular formula is C21H26N4O2. The largest absolute Gasteiger partial charge is 0.352 e. The first-order valence-electron chi connectivity index (χ1n) is 9.34. The predicted octanol–water partition coefficient (Wildman–Crippen LogP) is 2.86. The summed E-state index contributed by atoms with van der Waals surface area (Å²) in [5, 5.41) is 5.82. The standard InChI is InChI=1S/C21H26N4O2/c1-21(22)11-4-2-9-17(21)19(26)24-14-15-7-6-8-16(13-15)25-20(27)18-10-3-5-12-23-18/h3,5-8,10,12-13,17H,2,4,9,11,14,22H2,1H3,(H,24,26)(H,25,27). The quantitative estimate of drug-likeness (QED) is 0.758. The summed E-state index contributed by atoms with van der Waals surface area (Å²) in [7, 11) is 0. The first kappa shape index (κ1) is 19.0. The summed E-state index contributed by atoms with van der Waals surface area (Å²) in [6.07, 6.45) is 5.41.